The summed E-state index contributed by atoms with van der Waals surface area (Å²) in [5.41, 5.74) is 2.43. The predicted molar refractivity (Wildman–Crippen MR) is 105 cm³/mol. The first-order valence-corrected chi connectivity index (χ1v) is 11.6. The standard InChI is InChI=1S/C18H20N2O5S2/c1-11-7-8-14(12(2)16(11)20(3)26(4,22)23)18-17(21)15-13(6-5-9-19-15)10-27(18,24)25/h5-9,21H,10H2,1-4H3. The average Bonchev–Trinajstić information content (AvgIpc) is 2.55. The van der Waals surface area contributed by atoms with E-state index in [4.69, 9.17) is 0 Å². The van der Waals surface area contributed by atoms with Gasteiger partial charge in [0.25, 0.3) is 0 Å². The molecule has 9 heteroatoms. The fourth-order valence-corrected chi connectivity index (χ4v) is 5.67. The van der Waals surface area contributed by atoms with Gasteiger partial charge >= 0.3 is 0 Å². The number of aliphatic hydroxyl groups excluding tert-OH is 1. The Morgan fingerprint density at radius 1 is 1.19 bits per heavy atom. The zero-order valence-electron chi connectivity index (χ0n) is 15.4. The van der Waals surface area contributed by atoms with Crippen molar-refractivity contribution in [2.24, 2.45) is 0 Å². The number of sulfone groups is 1. The predicted octanol–water partition coefficient (Wildman–Crippen LogP) is 2.41. The van der Waals surface area contributed by atoms with Crippen LogP contribution >= 0.6 is 0 Å². The number of aliphatic hydroxyl groups is 1. The number of hydrogen-bond acceptors (Lipinski definition) is 6. The number of nitrogens with zero attached hydrogens (tertiary/aromatic N) is 2. The summed E-state index contributed by atoms with van der Waals surface area (Å²) in [6.07, 6.45) is 2.56. The van der Waals surface area contributed by atoms with Gasteiger partial charge in [0.1, 0.15) is 10.6 Å². The van der Waals surface area contributed by atoms with Crippen molar-refractivity contribution in [3.63, 3.8) is 0 Å². The van der Waals surface area contributed by atoms with Crippen LogP contribution in [0.3, 0.4) is 0 Å². The molecule has 2 heterocycles. The number of fused-ring (bicyclic) bond motifs is 1. The minimum absolute atomic E-state index is 0.223. The summed E-state index contributed by atoms with van der Waals surface area (Å²) in [7, 11) is -5.97. The van der Waals surface area contributed by atoms with Gasteiger partial charge in [0.2, 0.25) is 10.0 Å². The highest BCUT2D eigenvalue weighted by atomic mass is 32.2. The molecule has 1 aliphatic rings. The Balaban J connectivity index is 2.35. The Morgan fingerprint density at radius 3 is 2.48 bits per heavy atom. The van der Waals surface area contributed by atoms with Crippen LogP contribution in [-0.4, -0.2) is 40.2 Å². The summed E-state index contributed by atoms with van der Waals surface area (Å²) >= 11 is 0. The van der Waals surface area contributed by atoms with Crippen molar-refractivity contribution in [2.75, 3.05) is 17.6 Å². The van der Waals surface area contributed by atoms with Crippen molar-refractivity contribution in [3.8, 4) is 0 Å². The maximum Gasteiger partial charge on any atom is 0.232 e. The SMILES string of the molecule is Cc1ccc(C2=C(O)c3ncccc3CS2(=O)=O)c(C)c1N(C)S(C)(=O)=O. The van der Waals surface area contributed by atoms with Crippen molar-refractivity contribution in [3.05, 3.63) is 58.4 Å². The van der Waals surface area contributed by atoms with Gasteiger partial charge in [0.05, 0.1) is 17.7 Å². The van der Waals surface area contributed by atoms with Crippen molar-refractivity contribution in [1.29, 1.82) is 0 Å². The van der Waals surface area contributed by atoms with E-state index in [0.717, 1.165) is 10.6 Å². The van der Waals surface area contributed by atoms with Crippen LogP contribution in [0.4, 0.5) is 5.69 Å². The first-order chi connectivity index (χ1) is 12.4. The lowest BCUT2D eigenvalue weighted by Crippen LogP contribution is -2.27. The smallest absolute Gasteiger partial charge is 0.232 e. The zero-order chi connectivity index (χ0) is 20.1. The van der Waals surface area contributed by atoms with Crippen LogP contribution in [0.15, 0.2) is 30.5 Å². The lowest BCUT2D eigenvalue weighted by molar-refractivity contribution is 0.508. The summed E-state index contributed by atoms with van der Waals surface area (Å²) in [6, 6.07) is 6.45. The van der Waals surface area contributed by atoms with E-state index >= 15 is 0 Å². The molecule has 0 saturated heterocycles. The summed E-state index contributed by atoms with van der Waals surface area (Å²) in [5.74, 6) is -0.697. The maximum atomic E-state index is 12.9. The molecule has 2 aromatic rings. The van der Waals surface area contributed by atoms with Gasteiger partial charge in [-0.15, -0.1) is 0 Å². The second-order valence-electron chi connectivity index (χ2n) is 6.58. The van der Waals surface area contributed by atoms with E-state index in [2.05, 4.69) is 4.98 Å². The molecule has 1 aliphatic heterocycles. The molecule has 1 aromatic heterocycles. The van der Waals surface area contributed by atoms with Crippen LogP contribution in [0.5, 0.6) is 0 Å². The van der Waals surface area contributed by atoms with Crippen molar-refractivity contribution in [1.82, 2.24) is 4.98 Å². The summed E-state index contributed by atoms with van der Waals surface area (Å²) in [6.45, 7) is 3.39. The molecule has 0 fully saturated rings. The monoisotopic (exact) mass is 408 g/mol. The number of rotatable bonds is 3. The third-order valence-electron chi connectivity index (χ3n) is 4.68. The van der Waals surface area contributed by atoms with Crippen LogP contribution < -0.4 is 4.31 Å². The third kappa shape index (κ3) is 3.21. The van der Waals surface area contributed by atoms with E-state index in [1.54, 1.807) is 38.1 Å². The van der Waals surface area contributed by atoms with E-state index in [0.29, 0.717) is 22.4 Å². The fraction of sp³-hybridized carbons (Fsp3) is 0.278. The molecule has 7 nitrogen and oxygen atoms in total. The Labute approximate surface area is 159 Å². The van der Waals surface area contributed by atoms with E-state index in [9.17, 15) is 21.9 Å². The van der Waals surface area contributed by atoms with Gasteiger partial charge < -0.3 is 5.11 Å². The zero-order valence-corrected chi connectivity index (χ0v) is 17.0. The molecule has 3 rings (SSSR count). The van der Waals surface area contributed by atoms with E-state index in [1.165, 1.54) is 13.2 Å². The molecule has 1 N–H and O–H groups in total. The summed E-state index contributed by atoms with van der Waals surface area (Å²) in [4.78, 5) is 3.88. The molecular weight excluding hydrogens is 388 g/mol. The molecule has 1 aromatic carbocycles. The minimum atomic E-state index is -3.83. The number of aryl methyl sites for hydroxylation is 1. The summed E-state index contributed by atoms with van der Waals surface area (Å²) in [5, 5.41) is 10.7. The van der Waals surface area contributed by atoms with Crippen LogP contribution in [0.25, 0.3) is 10.7 Å². The fourth-order valence-electron chi connectivity index (χ4n) is 3.33. The van der Waals surface area contributed by atoms with Crippen LogP contribution in [0, 0.1) is 13.8 Å². The first kappa shape index (κ1) is 19.4. The molecule has 0 bridgehead atoms. The normalized spacial score (nSPS) is 16.1. The molecule has 0 aliphatic carbocycles. The summed E-state index contributed by atoms with van der Waals surface area (Å²) < 4.78 is 50.9. The molecule has 0 spiro atoms. The number of sulfonamides is 1. The molecule has 0 saturated carbocycles. The van der Waals surface area contributed by atoms with Gasteiger partial charge in [0.15, 0.2) is 15.6 Å². The highest BCUT2D eigenvalue weighted by molar-refractivity contribution is 8.00. The number of pyridine rings is 1. The van der Waals surface area contributed by atoms with Gasteiger partial charge in [-0.05, 0) is 36.6 Å². The van der Waals surface area contributed by atoms with Crippen LogP contribution in [-0.2, 0) is 25.6 Å². The van der Waals surface area contributed by atoms with Gasteiger partial charge in [-0.1, -0.05) is 18.2 Å². The van der Waals surface area contributed by atoms with Crippen LogP contribution in [0.2, 0.25) is 0 Å². The van der Waals surface area contributed by atoms with Gasteiger partial charge in [-0.3, -0.25) is 9.29 Å². The minimum Gasteiger partial charge on any atom is -0.504 e. The highest BCUT2D eigenvalue weighted by Gasteiger charge is 2.34. The average molecular weight is 409 g/mol. The Bertz CT molecular complexity index is 1180. The Kier molecular flexibility index (Phi) is 4.55. The quantitative estimate of drug-likeness (QED) is 0.836. The molecular formula is C18H20N2O5S2. The third-order valence-corrected chi connectivity index (χ3v) is 7.58. The number of aromatic nitrogens is 1. The first-order valence-electron chi connectivity index (χ1n) is 8.10. The van der Waals surface area contributed by atoms with Crippen LogP contribution in [0.1, 0.15) is 27.9 Å². The Morgan fingerprint density at radius 2 is 1.85 bits per heavy atom. The largest absolute Gasteiger partial charge is 0.504 e. The molecule has 0 amide bonds. The second-order valence-corrected chi connectivity index (χ2v) is 10.5. The number of anilines is 1. The molecule has 27 heavy (non-hydrogen) atoms. The molecule has 0 radical (unpaired) electrons. The van der Waals surface area contributed by atoms with Gasteiger partial charge in [-0.2, -0.15) is 0 Å². The van der Waals surface area contributed by atoms with Gasteiger partial charge in [0, 0.05) is 18.8 Å². The number of benzene rings is 1. The second kappa shape index (κ2) is 6.35. The van der Waals surface area contributed by atoms with E-state index < -0.39 is 25.6 Å². The molecule has 0 atom stereocenters. The molecule has 0 unspecified atom stereocenters. The van der Waals surface area contributed by atoms with Crippen molar-refractivity contribution < 1.29 is 21.9 Å². The lowest BCUT2D eigenvalue weighted by atomic mass is 10.0. The maximum absolute atomic E-state index is 12.9. The Hall–Kier alpha value is -2.39. The van der Waals surface area contributed by atoms with Crippen molar-refractivity contribution >= 4 is 36.2 Å². The van der Waals surface area contributed by atoms with Gasteiger partial charge in [-0.25, -0.2) is 16.8 Å². The number of hydrogen-bond donors (Lipinski definition) is 1. The van der Waals surface area contributed by atoms with E-state index in [-0.39, 0.29) is 21.9 Å². The molecule has 144 valence electrons. The van der Waals surface area contributed by atoms with E-state index in [1.807, 2.05) is 0 Å². The lowest BCUT2D eigenvalue weighted by Gasteiger charge is -2.25. The van der Waals surface area contributed by atoms with Crippen molar-refractivity contribution in [2.45, 2.75) is 19.6 Å². The highest BCUT2D eigenvalue weighted by Crippen LogP contribution is 2.41. The topological polar surface area (TPSA) is 105 Å².